The first kappa shape index (κ1) is 19.9. The van der Waals surface area contributed by atoms with Gasteiger partial charge in [0.25, 0.3) is 0 Å². The molecule has 1 fully saturated rings. The Bertz CT molecular complexity index is 884. The van der Waals surface area contributed by atoms with E-state index in [9.17, 15) is 14.7 Å². The van der Waals surface area contributed by atoms with Crippen LogP contribution in [0, 0.1) is 0 Å². The van der Waals surface area contributed by atoms with Crippen LogP contribution in [0.1, 0.15) is 40.6 Å². The topological polar surface area (TPSA) is 111 Å². The molecule has 1 aliphatic carbocycles. The Balaban J connectivity index is 1.92. The number of nitrogens with one attached hydrogen (secondary N) is 1. The summed E-state index contributed by atoms with van der Waals surface area (Å²) in [7, 11) is 2.53. The lowest BCUT2D eigenvalue weighted by atomic mass is 10.1. The maximum absolute atomic E-state index is 12.3. The largest absolute Gasteiger partial charge is 0.508 e. The highest BCUT2D eigenvalue weighted by molar-refractivity contribution is 6.35. The molecular formula is C19H20ClN3O5. The molecule has 28 heavy (non-hydrogen) atoms. The third kappa shape index (κ3) is 4.51. The number of hydrogen-bond acceptors (Lipinski definition) is 8. The third-order valence-electron chi connectivity index (χ3n) is 4.36. The van der Waals surface area contributed by atoms with Crippen LogP contribution in [0.15, 0.2) is 24.3 Å². The van der Waals surface area contributed by atoms with Crippen molar-refractivity contribution in [2.75, 3.05) is 19.5 Å². The van der Waals surface area contributed by atoms with Gasteiger partial charge in [-0.1, -0.05) is 23.7 Å². The van der Waals surface area contributed by atoms with Crippen molar-refractivity contribution < 1.29 is 24.2 Å². The van der Waals surface area contributed by atoms with Gasteiger partial charge in [0.05, 0.1) is 14.2 Å². The number of nitrogens with zero attached hydrogens (tertiary/aromatic N) is 2. The van der Waals surface area contributed by atoms with E-state index in [1.54, 1.807) is 12.1 Å². The molecule has 1 atom stereocenters. The van der Waals surface area contributed by atoms with Gasteiger partial charge in [0.1, 0.15) is 28.5 Å². The fourth-order valence-electron chi connectivity index (χ4n) is 2.68. The fraction of sp³-hybridized carbons (Fsp3) is 0.368. The average Bonchev–Trinajstić information content (AvgIpc) is 3.54. The van der Waals surface area contributed by atoms with Crippen LogP contribution in [0.25, 0.3) is 0 Å². The smallest absolute Gasteiger partial charge is 0.358 e. The minimum absolute atomic E-state index is 0.0177. The standard InChI is InChI=1S/C19H20ClN3O5/c1-27-18(25)13(9-10-3-7-12(24)8-4-10)21-17-14(20)15(19(26)28-2)22-16(23-17)11-5-6-11/h3-4,7-8,11,13,24H,5-6,9H2,1-2H3,(H,21,22,23)/t13-/m0/s1. The molecule has 3 rings (SSSR count). The lowest BCUT2D eigenvalue weighted by Crippen LogP contribution is -2.33. The molecule has 2 N–H and O–H groups in total. The molecule has 0 spiro atoms. The molecule has 148 valence electrons. The molecule has 1 heterocycles. The summed E-state index contributed by atoms with van der Waals surface area (Å²) in [6, 6.07) is 5.65. The van der Waals surface area contributed by atoms with Crippen molar-refractivity contribution in [2.24, 2.45) is 0 Å². The number of aromatic hydroxyl groups is 1. The first-order chi connectivity index (χ1) is 13.4. The summed E-state index contributed by atoms with van der Waals surface area (Å²) < 4.78 is 9.63. The van der Waals surface area contributed by atoms with Gasteiger partial charge in [-0.25, -0.2) is 19.6 Å². The normalized spacial score (nSPS) is 14.2. The van der Waals surface area contributed by atoms with Crippen molar-refractivity contribution in [3.8, 4) is 5.75 Å². The van der Waals surface area contributed by atoms with Gasteiger partial charge < -0.3 is 19.9 Å². The van der Waals surface area contributed by atoms with E-state index in [-0.39, 0.29) is 34.6 Å². The van der Waals surface area contributed by atoms with Gasteiger partial charge in [-0.15, -0.1) is 0 Å². The van der Waals surface area contributed by atoms with Gasteiger partial charge in [-0.2, -0.15) is 0 Å². The van der Waals surface area contributed by atoms with Crippen molar-refractivity contribution in [1.29, 1.82) is 0 Å². The molecule has 9 heteroatoms. The van der Waals surface area contributed by atoms with E-state index in [1.807, 2.05) is 0 Å². The van der Waals surface area contributed by atoms with E-state index in [0.29, 0.717) is 5.82 Å². The molecule has 1 saturated carbocycles. The Morgan fingerprint density at radius 3 is 2.46 bits per heavy atom. The van der Waals surface area contributed by atoms with E-state index in [0.717, 1.165) is 18.4 Å². The number of anilines is 1. The van der Waals surface area contributed by atoms with Crippen LogP contribution in [0.2, 0.25) is 5.02 Å². The summed E-state index contributed by atoms with van der Waals surface area (Å²) in [4.78, 5) is 33.0. The highest BCUT2D eigenvalue weighted by Gasteiger charge is 2.31. The molecule has 0 aliphatic heterocycles. The highest BCUT2D eigenvalue weighted by atomic mass is 35.5. The zero-order valence-corrected chi connectivity index (χ0v) is 16.2. The summed E-state index contributed by atoms with van der Waals surface area (Å²) >= 11 is 6.32. The molecule has 1 aliphatic rings. The first-order valence-corrected chi connectivity index (χ1v) is 9.08. The molecular weight excluding hydrogens is 386 g/mol. The summed E-state index contributed by atoms with van der Waals surface area (Å²) in [5.41, 5.74) is 0.748. The second-order valence-corrected chi connectivity index (χ2v) is 6.83. The summed E-state index contributed by atoms with van der Waals surface area (Å²) in [6.45, 7) is 0. The zero-order valence-electron chi connectivity index (χ0n) is 15.4. The number of halogens is 1. The van der Waals surface area contributed by atoms with Crippen LogP contribution >= 0.6 is 11.6 Å². The lowest BCUT2D eigenvalue weighted by Gasteiger charge is -2.19. The Morgan fingerprint density at radius 1 is 1.21 bits per heavy atom. The van der Waals surface area contributed by atoms with Gasteiger partial charge in [0, 0.05) is 12.3 Å². The molecule has 1 aromatic carbocycles. The van der Waals surface area contributed by atoms with Gasteiger partial charge in [0.15, 0.2) is 5.69 Å². The Morgan fingerprint density at radius 2 is 1.89 bits per heavy atom. The molecule has 0 saturated heterocycles. The first-order valence-electron chi connectivity index (χ1n) is 8.71. The van der Waals surface area contributed by atoms with E-state index in [4.69, 9.17) is 21.1 Å². The van der Waals surface area contributed by atoms with Crippen molar-refractivity contribution in [3.05, 3.63) is 46.4 Å². The van der Waals surface area contributed by atoms with E-state index in [2.05, 4.69) is 15.3 Å². The average molecular weight is 406 g/mol. The number of benzene rings is 1. The fourth-order valence-corrected chi connectivity index (χ4v) is 2.90. The molecule has 0 amide bonds. The molecule has 0 unspecified atom stereocenters. The summed E-state index contributed by atoms with van der Waals surface area (Å²) in [5.74, 6) is -0.244. The zero-order chi connectivity index (χ0) is 20.3. The molecule has 0 bridgehead atoms. The molecule has 8 nitrogen and oxygen atoms in total. The van der Waals surface area contributed by atoms with Crippen molar-refractivity contribution in [2.45, 2.75) is 31.2 Å². The molecule has 2 aromatic rings. The minimum Gasteiger partial charge on any atom is -0.508 e. The molecule has 1 aromatic heterocycles. The van der Waals surface area contributed by atoms with E-state index < -0.39 is 18.0 Å². The number of methoxy groups -OCH3 is 2. The van der Waals surface area contributed by atoms with Gasteiger partial charge in [-0.3, -0.25) is 0 Å². The predicted molar refractivity (Wildman–Crippen MR) is 102 cm³/mol. The maximum Gasteiger partial charge on any atom is 0.358 e. The van der Waals surface area contributed by atoms with Crippen LogP contribution in [0.4, 0.5) is 5.82 Å². The van der Waals surface area contributed by atoms with Gasteiger partial charge >= 0.3 is 11.9 Å². The van der Waals surface area contributed by atoms with E-state index in [1.165, 1.54) is 26.4 Å². The predicted octanol–water partition coefficient (Wildman–Crippen LogP) is 2.70. The quantitative estimate of drug-likeness (QED) is 0.676. The van der Waals surface area contributed by atoms with Crippen LogP contribution in [0.5, 0.6) is 5.75 Å². The monoisotopic (exact) mass is 405 g/mol. The van der Waals surface area contributed by atoms with Crippen LogP contribution in [-0.4, -0.2) is 47.3 Å². The van der Waals surface area contributed by atoms with Crippen LogP contribution in [-0.2, 0) is 20.7 Å². The maximum atomic E-state index is 12.3. The number of esters is 2. The Kier molecular flexibility index (Phi) is 5.99. The van der Waals surface area contributed by atoms with Crippen LogP contribution in [0.3, 0.4) is 0 Å². The number of carbonyl (C=O) groups excluding carboxylic acids is 2. The van der Waals surface area contributed by atoms with Gasteiger partial charge in [0.2, 0.25) is 0 Å². The van der Waals surface area contributed by atoms with Crippen molar-refractivity contribution in [3.63, 3.8) is 0 Å². The van der Waals surface area contributed by atoms with Crippen LogP contribution < -0.4 is 5.32 Å². The molecule has 0 radical (unpaired) electrons. The highest BCUT2D eigenvalue weighted by Crippen LogP contribution is 2.40. The minimum atomic E-state index is -0.806. The number of phenolic OH excluding ortho intramolecular Hbond substituents is 1. The number of ether oxygens (including phenoxy) is 2. The third-order valence-corrected chi connectivity index (χ3v) is 4.72. The van der Waals surface area contributed by atoms with Crippen molar-refractivity contribution in [1.82, 2.24) is 9.97 Å². The number of carbonyl (C=O) groups is 2. The number of aromatic nitrogens is 2. The van der Waals surface area contributed by atoms with Crippen molar-refractivity contribution >= 4 is 29.4 Å². The Labute approximate surface area is 166 Å². The number of hydrogen-bond donors (Lipinski definition) is 2. The van der Waals surface area contributed by atoms with Gasteiger partial charge in [-0.05, 0) is 30.5 Å². The number of rotatable bonds is 7. The summed E-state index contributed by atoms with van der Waals surface area (Å²) in [6.07, 6.45) is 2.12. The second-order valence-electron chi connectivity index (χ2n) is 6.45. The SMILES string of the molecule is COC(=O)c1nc(C2CC2)nc(N[C@@H](Cc2ccc(O)cc2)C(=O)OC)c1Cl. The van der Waals surface area contributed by atoms with E-state index >= 15 is 0 Å². The second kappa shape index (κ2) is 8.43. The lowest BCUT2D eigenvalue weighted by molar-refractivity contribution is -0.141. The summed E-state index contributed by atoms with van der Waals surface area (Å²) in [5, 5.41) is 12.4. The number of phenols is 1. The Hall–Kier alpha value is -2.87.